The van der Waals surface area contributed by atoms with Gasteiger partial charge in [-0.05, 0) is 41.8 Å². The molecule has 2 nitrogen and oxygen atoms in total. The second-order valence-electron chi connectivity index (χ2n) is 8.77. The number of halogens is 1. The summed E-state index contributed by atoms with van der Waals surface area (Å²) in [6.07, 6.45) is 4.78. The molecule has 3 heteroatoms. The topological polar surface area (TPSA) is 7.12 Å². The first-order chi connectivity index (χ1) is 13.6. The number of fused-ring (bicyclic) bond motifs is 6. The van der Waals surface area contributed by atoms with Gasteiger partial charge >= 0.3 is 0 Å². The van der Waals surface area contributed by atoms with Crippen molar-refractivity contribution in [2.75, 3.05) is 11.4 Å². The van der Waals surface area contributed by atoms with Gasteiger partial charge in [-0.15, -0.1) is 0 Å². The molecule has 146 valence electrons. The van der Waals surface area contributed by atoms with Crippen molar-refractivity contribution < 1.29 is 21.5 Å². The molecule has 2 aromatic carbocycles. The Morgan fingerprint density at radius 2 is 1.72 bits per heavy atom. The highest BCUT2D eigenvalue weighted by Gasteiger charge is 2.44. The van der Waals surface area contributed by atoms with Crippen molar-refractivity contribution in [1.29, 1.82) is 0 Å². The Kier molecular flexibility index (Phi) is 4.22. The Bertz CT molecular complexity index is 1200. The van der Waals surface area contributed by atoms with Crippen molar-refractivity contribution in [2.45, 2.75) is 38.6 Å². The molecular formula is C26H25BrN2. The summed E-state index contributed by atoms with van der Waals surface area (Å²) in [5, 5.41) is 1.33. The number of anilines is 1. The Labute approximate surface area is 182 Å². The van der Waals surface area contributed by atoms with E-state index in [1.807, 2.05) is 0 Å². The predicted octanol–water partition coefficient (Wildman–Crippen LogP) is 2.37. The number of aryl methyl sites for hydroxylation is 1. The van der Waals surface area contributed by atoms with Gasteiger partial charge in [-0.2, -0.15) is 4.57 Å². The van der Waals surface area contributed by atoms with Crippen LogP contribution in [0.5, 0.6) is 0 Å². The maximum atomic E-state index is 2.56. The van der Waals surface area contributed by atoms with Gasteiger partial charge in [0.2, 0.25) is 11.2 Å². The molecule has 0 bridgehead atoms. The van der Waals surface area contributed by atoms with Crippen LogP contribution in [0.2, 0.25) is 0 Å². The van der Waals surface area contributed by atoms with E-state index in [4.69, 9.17) is 0 Å². The monoisotopic (exact) mass is 444 g/mol. The minimum atomic E-state index is 0. The first-order valence-corrected chi connectivity index (χ1v) is 10.4. The van der Waals surface area contributed by atoms with E-state index in [-0.39, 0.29) is 22.4 Å². The van der Waals surface area contributed by atoms with Gasteiger partial charge in [-0.3, -0.25) is 0 Å². The van der Waals surface area contributed by atoms with Crippen LogP contribution < -0.4 is 26.4 Å². The maximum absolute atomic E-state index is 2.56. The molecule has 29 heavy (non-hydrogen) atoms. The first kappa shape index (κ1) is 18.6. The molecule has 0 saturated carbocycles. The molecule has 0 unspecified atom stereocenters. The number of nitrogens with zero attached hydrogens (tertiary/aromatic N) is 2. The van der Waals surface area contributed by atoms with E-state index in [0.717, 1.165) is 25.9 Å². The Morgan fingerprint density at radius 3 is 2.62 bits per heavy atom. The van der Waals surface area contributed by atoms with Crippen LogP contribution in [0.15, 0.2) is 78.0 Å². The molecule has 0 aliphatic carbocycles. The number of hydrogen-bond acceptors (Lipinski definition) is 1. The summed E-state index contributed by atoms with van der Waals surface area (Å²) in [5.74, 6) is 0. The second kappa shape index (κ2) is 6.56. The van der Waals surface area contributed by atoms with Gasteiger partial charge in [0.05, 0.1) is 0 Å². The van der Waals surface area contributed by atoms with Crippen molar-refractivity contribution in [3.63, 3.8) is 0 Å². The molecule has 3 aliphatic heterocycles. The van der Waals surface area contributed by atoms with E-state index in [9.17, 15) is 0 Å². The van der Waals surface area contributed by atoms with Gasteiger partial charge in [0.1, 0.15) is 0 Å². The third-order valence-electron chi connectivity index (χ3n) is 6.86. The van der Waals surface area contributed by atoms with Gasteiger partial charge in [0, 0.05) is 52.9 Å². The van der Waals surface area contributed by atoms with E-state index in [1.54, 1.807) is 0 Å². The van der Waals surface area contributed by atoms with Crippen molar-refractivity contribution in [3.8, 4) is 0 Å². The standard InChI is InChI=1S/C26H25N2.BrH/c1-26(2)21-8-4-6-10-24(21)28-16-14-20(25(26)28)17-19-13-15-27-22-9-5-3-7-18(22)11-12-23(19)27;/h3-12,17H,13-16H2,1-2H3;1H/q+1;/p-1. The minimum Gasteiger partial charge on any atom is -1.00 e. The molecule has 1 aromatic heterocycles. The Hall–Kier alpha value is -2.39. The van der Waals surface area contributed by atoms with Crippen LogP contribution in [0.1, 0.15) is 37.9 Å². The molecule has 3 aliphatic rings. The fourth-order valence-corrected chi connectivity index (χ4v) is 5.62. The lowest BCUT2D eigenvalue weighted by atomic mass is 9.82. The van der Waals surface area contributed by atoms with Crippen molar-refractivity contribution in [1.82, 2.24) is 0 Å². The Balaban J connectivity index is 0.00000181. The average molecular weight is 445 g/mol. The van der Waals surface area contributed by atoms with Crippen LogP contribution in [-0.2, 0) is 12.0 Å². The molecule has 0 spiro atoms. The summed E-state index contributed by atoms with van der Waals surface area (Å²) in [5.41, 5.74) is 10.2. The molecular weight excluding hydrogens is 420 g/mol. The quantitative estimate of drug-likeness (QED) is 0.522. The fraction of sp³-hybridized carbons (Fsp3) is 0.269. The molecule has 6 rings (SSSR count). The van der Waals surface area contributed by atoms with Crippen LogP contribution in [0.25, 0.3) is 16.5 Å². The summed E-state index contributed by atoms with van der Waals surface area (Å²) < 4.78 is 2.49. The highest BCUT2D eigenvalue weighted by atomic mass is 79.9. The zero-order valence-electron chi connectivity index (χ0n) is 17.0. The third kappa shape index (κ3) is 2.56. The highest BCUT2D eigenvalue weighted by molar-refractivity contribution is 5.79. The molecule has 0 fully saturated rings. The lowest BCUT2D eigenvalue weighted by Gasteiger charge is -2.23. The second-order valence-corrected chi connectivity index (χ2v) is 8.77. The van der Waals surface area contributed by atoms with E-state index in [1.165, 1.54) is 44.7 Å². The lowest BCUT2D eigenvalue weighted by Crippen LogP contribution is -3.00. The summed E-state index contributed by atoms with van der Waals surface area (Å²) in [6.45, 7) is 6.96. The molecule has 4 heterocycles. The predicted molar refractivity (Wildman–Crippen MR) is 115 cm³/mol. The van der Waals surface area contributed by atoms with Gasteiger partial charge in [0.15, 0.2) is 6.54 Å². The molecule has 0 amide bonds. The van der Waals surface area contributed by atoms with Crippen molar-refractivity contribution in [2.24, 2.45) is 0 Å². The minimum absolute atomic E-state index is 0. The third-order valence-corrected chi connectivity index (χ3v) is 6.86. The number of rotatable bonds is 1. The molecule has 0 radical (unpaired) electrons. The molecule has 0 atom stereocenters. The van der Waals surface area contributed by atoms with Gasteiger partial charge < -0.3 is 21.9 Å². The van der Waals surface area contributed by atoms with E-state index in [2.05, 4.69) is 90.1 Å². The van der Waals surface area contributed by atoms with E-state index < -0.39 is 0 Å². The zero-order chi connectivity index (χ0) is 18.9. The smallest absolute Gasteiger partial charge is 0.212 e. The van der Waals surface area contributed by atoms with Crippen LogP contribution in [0.3, 0.4) is 0 Å². The molecule has 3 aromatic rings. The number of pyridine rings is 1. The summed E-state index contributed by atoms with van der Waals surface area (Å²) in [7, 11) is 0. The number of benzene rings is 2. The van der Waals surface area contributed by atoms with E-state index >= 15 is 0 Å². The largest absolute Gasteiger partial charge is 1.00 e. The van der Waals surface area contributed by atoms with Crippen LogP contribution in [0.4, 0.5) is 5.69 Å². The van der Waals surface area contributed by atoms with Gasteiger partial charge in [-0.25, -0.2) is 0 Å². The van der Waals surface area contributed by atoms with Crippen LogP contribution in [-0.4, -0.2) is 6.54 Å². The fourth-order valence-electron chi connectivity index (χ4n) is 5.62. The zero-order valence-corrected chi connectivity index (χ0v) is 18.5. The van der Waals surface area contributed by atoms with Gasteiger partial charge in [-0.1, -0.05) is 44.2 Å². The van der Waals surface area contributed by atoms with Crippen molar-refractivity contribution >= 4 is 22.2 Å². The van der Waals surface area contributed by atoms with Gasteiger partial charge in [0.25, 0.3) is 0 Å². The summed E-state index contributed by atoms with van der Waals surface area (Å²) in [6, 6.07) is 22.3. The van der Waals surface area contributed by atoms with Crippen LogP contribution in [0, 0.1) is 0 Å². The number of para-hydroxylation sites is 2. The number of aromatic nitrogens is 1. The Morgan fingerprint density at radius 1 is 0.931 bits per heavy atom. The normalized spacial score (nSPS) is 20.1. The SMILES string of the molecule is CC1(C)C2=C(C=C3CC[n+]4c3ccc3ccccc34)CCN2c2ccccc21.[Br-]. The molecule has 0 saturated heterocycles. The molecule has 0 N–H and O–H groups in total. The van der Waals surface area contributed by atoms with E-state index in [0.29, 0.717) is 0 Å². The summed E-state index contributed by atoms with van der Waals surface area (Å²) >= 11 is 0. The van der Waals surface area contributed by atoms with Crippen LogP contribution >= 0.6 is 0 Å². The first-order valence-electron chi connectivity index (χ1n) is 10.4. The lowest BCUT2D eigenvalue weighted by molar-refractivity contribution is -0.663. The number of allylic oxidation sites excluding steroid dienone is 3. The average Bonchev–Trinajstić information content (AvgIpc) is 3.38. The summed E-state index contributed by atoms with van der Waals surface area (Å²) in [4.78, 5) is 2.56. The number of hydrogen-bond donors (Lipinski definition) is 0. The maximum Gasteiger partial charge on any atom is 0.212 e. The highest BCUT2D eigenvalue weighted by Crippen LogP contribution is 2.52. The van der Waals surface area contributed by atoms with Crippen molar-refractivity contribution in [3.05, 3.63) is 89.3 Å².